The van der Waals surface area contributed by atoms with Gasteiger partial charge in [0.15, 0.2) is 0 Å². The largest absolute Gasteiger partial charge is 0.492 e. The van der Waals surface area contributed by atoms with E-state index in [1.807, 2.05) is 33.8 Å². The van der Waals surface area contributed by atoms with E-state index in [0.717, 1.165) is 11.2 Å². The molecule has 7 heteroatoms. The van der Waals surface area contributed by atoms with Crippen LogP contribution in [-0.2, 0) is 14.1 Å². The highest BCUT2D eigenvalue weighted by Gasteiger charge is 2.52. The molecular formula is C16H22BClN2O3. The Kier molecular flexibility index (Phi) is 5.18. The highest BCUT2D eigenvalue weighted by molar-refractivity contribution is 6.56. The van der Waals surface area contributed by atoms with Crippen LogP contribution in [-0.4, -0.2) is 35.8 Å². The van der Waals surface area contributed by atoms with Crippen molar-refractivity contribution in [3.63, 3.8) is 0 Å². The van der Waals surface area contributed by atoms with Crippen LogP contribution in [0.4, 0.5) is 0 Å². The number of aromatic nitrogens is 1. The molecule has 0 spiro atoms. The van der Waals surface area contributed by atoms with Crippen LogP contribution in [0.2, 0.25) is 5.02 Å². The molecule has 0 bridgehead atoms. The summed E-state index contributed by atoms with van der Waals surface area (Å²) in [5.41, 5.74) is 0.638. The van der Waals surface area contributed by atoms with Gasteiger partial charge in [-0.3, -0.25) is 9.78 Å². The Morgan fingerprint density at radius 1 is 1.30 bits per heavy atom. The molecule has 5 nitrogen and oxygen atoms in total. The van der Waals surface area contributed by atoms with Crippen LogP contribution in [0, 0.1) is 0 Å². The van der Waals surface area contributed by atoms with Crippen molar-refractivity contribution in [1.29, 1.82) is 0 Å². The second kappa shape index (κ2) is 6.63. The lowest BCUT2D eigenvalue weighted by atomic mass is 9.77. The maximum atomic E-state index is 11.3. The average Bonchev–Trinajstić information content (AvgIpc) is 2.65. The minimum atomic E-state index is -0.538. The standard InChI is InChI=1S/C16H22BClN2O3/c1-11(21)19-9-12(8-14-7-6-13(18)10-20-14)17-22-15(2,3)16(4,5)23-17/h6-8,10H,9H2,1-5H3,(H,19,21). The Labute approximate surface area is 142 Å². The van der Waals surface area contributed by atoms with E-state index < -0.39 is 18.3 Å². The second-order valence-corrected chi connectivity index (χ2v) is 7.05. The number of pyridine rings is 1. The molecule has 2 heterocycles. The number of nitrogens with zero attached hydrogens (tertiary/aromatic N) is 1. The third-order valence-electron chi connectivity index (χ3n) is 4.18. The Hall–Kier alpha value is -1.37. The zero-order valence-corrected chi connectivity index (χ0v) is 14.9. The van der Waals surface area contributed by atoms with Gasteiger partial charge in [0, 0.05) is 19.7 Å². The van der Waals surface area contributed by atoms with Crippen LogP contribution < -0.4 is 5.32 Å². The van der Waals surface area contributed by atoms with Crippen molar-refractivity contribution < 1.29 is 14.1 Å². The SMILES string of the molecule is CC(=O)NCC(=Cc1ccc(Cl)cn1)B1OC(C)(C)C(C)(C)O1. The molecule has 1 fully saturated rings. The van der Waals surface area contributed by atoms with E-state index in [2.05, 4.69) is 10.3 Å². The fraction of sp³-hybridized carbons (Fsp3) is 0.500. The molecule has 0 atom stereocenters. The summed E-state index contributed by atoms with van der Waals surface area (Å²) in [6, 6.07) is 3.57. The molecular weight excluding hydrogens is 314 g/mol. The van der Waals surface area contributed by atoms with Crippen molar-refractivity contribution in [3.05, 3.63) is 34.5 Å². The van der Waals surface area contributed by atoms with Gasteiger partial charge >= 0.3 is 7.12 Å². The summed E-state index contributed by atoms with van der Waals surface area (Å²) >= 11 is 5.86. The molecule has 0 aromatic carbocycles. The maximum absolute atomic E-state index is 11.3. The molecule has 124 valence electrons. The Balaban J connectivity index is 2.28. The summed E-state index contributed by atoms with van der Waals surface area (Å²) in [5, 5.41) is 3.36. The van der Waals surface area contributed by atoms with Gasteiger partial charge in [-0.2, -0.15) is 0 Å². The van der Waals surface area contributed by atoms with E-state index in [1.54, 1.807) is 18.3 Å². The minimum Gasteiger partial charge on any atom is -0.400 e. The van der Waals surface area contributed by atoms with Crippen molar-refractivity contribution in [2.75, 3.05) is 6.54 Å². The molecule has 0 aliphatic carbocycles. The number of rotatable bonds is 4. The first-order valence-corrected chi connectivity index (χ1v) is 7.91. The Morgan fingerprint density at radius 3 is 2.39 bits per heavy atom. The van der Waals surface area contributed by atoms with E-state index >= 15 is 0 Å². The summed E-state index contributed by atoms with van der Waals surface area (Å²) < 4.78 is 12.1. The molecule has 0 saturated carbocycles. The number of carbonyl (C=O) groups excluding carboxylic acids is 1. The zero-order chi connectivity index (χ0) is 17.3. The van der Waals surface area contributed by atoms with Crippen LogP contribution in [0.3, 0.4) is 0 Å². The van der Waals surface area contributed by atoms with Crippen LogP contribution >= 0.6 is 11.6 Å². The van der Waals surface area contributed by atoms with Gasteiger partial charge < -0.3 is 14.6 Å². The van der Waals surface area contributed by atoms with Gasteiger partial charge in [-0.1, -0.05) is 11.6 Å². The summed E-state index contributed by atoms with van der Waals surface area (Å²) in [5.74, 6) is -0.114. The fourth-order valence-electron chi connectivity index (χ4n) is 2.09. The highest BCUT2D eigenvalue weighted by Crippen LogP contribution is 2.38. The van der Waals surface area contributed by atoms with Crippen LogP contribution in [0.15, 0.2) is 23.8 Å². The first-order chi connectivity index (χ1) is 10.6. The van der Waals surface area contributed by atoms with Gasteiger partial charge in [0.2, 0.25) is 5.91 Å². The third kappa shape index (κ3) is 4.34. The number of hydrogen-bond donors (Lipinski definition) is 1. The van der Waals surface area contributed by atoms with E-state index in [9.17, 15) is 4.79 Å². The van der Waals surface area contributed by atoms with E-state index in [4.69, 9.17) is 20.9 Å². The lowest BCUT2D eigenvalue weighted by Gasteiger charge is -2.32. The lowest BCUT2D eigenvalue weighted by Crippen LogP contribution is -2.41. The van der Waals surface area contributed by atoms with E-state index in [0.29, 0.717) is 11.6 Å². The van der Waals surface area contributed by atoms with Crippen LogP contribution in [0.25, 0.3) is 6.08 Å². The molecule has 2 rings (SSSR count). The molecule has 1 saturated heterocycles. The number of amides is 1. The quantitative estimate of drug-likeness (QED) is 0.859. The summed E-state index contributed by atoms with van der Waals surface area (Å²) in [4.78, 5) is 15.5. The van der Waals surface area contributed by atoms with Crippen LogP contribution in [0.1, 0.15) is 40.3 Å². The first-order valence-electron chi connectivity index (χ1n) is 7.53. The summed E-state index contributed by atoms with van der Waals surface area (Å²) in [6.07, 6.45) is 3.43. The molecule has 0 radical (unpaired) electrons. The average molecular weight is 337 g/mol. The number of nitrogens with one attached hydrogen (secondary N) is 1. The van der Waals surface area contributed by atoms with Crippen molar-refractivity contribution >= 4 is 30.7 Å². The summed E-state index contributed by atoms with van der Waals surface area (Å²) in [7, 11) is -0.538. The number of halogens is 1. The maximum Gasteiger partial charge on any atom is 0.492 e. The minimum absolute atomic E-state index is 0.114. The van der Waals surface area contributed by atoms with Crippen molar-refractivity contribution in [3.8, 4) is 0 Å². The predicted octanol–water partition coefficient (Wildman–Crippen LogP) is 2.89. The monoisotopic (exact) mass is 336 g/mol. The molecule has 23 heavy (non-hydrogen) atoms. The Bertz CT molecular complexity index is 598. The normalized spacial score (nSPS) is 19.7. The van der Waals surface area contributed by atoms with Crippen molar-refractivity contribution in [2.24, 2.45) is 0 Å². The molecule has 1 aliphatic rings. The van der Waals surface area contributed by atoms with E-state index in [1.165, 1.54) is 6.92 Å². The second-order valence-electron chi connectivity index (χ2n) is 6.62. The summed E-state index contributed by atoms with van der Waals surface area (Å²) in [6.45, 7) is 9.76. The zero-order valence-electron chi connectivity index (χ0n) is 14.1. The van der Waals surface area contributed by atoms with Gasteiger partial charge in [0.05, 0.1) is 21.9 Å². The molecule has 0 unspecified atom stereocenters. The fourth-order valence-corrected chi connectivity index (χ4v) is 2.20. The molecule has 1 aromatic heterocycles. The van der Waals surface area contributed by atoms with Crippen molar-refractivity contribution in [1.82, 2.24) is 10.3 Å². The molecule has 1 aromatic rings. The molecule has 1 N–H and O–H groups in total. The van der Waals surface area contributed by atoms with Crippen LogP contribution in [0.5, 0.6) is 0 Å². The third-order valence-corrected chi connectivity index (χ3v) is 4.40. The topological polar surface area (TPSA) is 60.5 Å². The van der Waals surface area contributed by atoms with Gasteiger partial charge in [-0.05, 0) is 51.4 Å². The molecule has 1 amide bonds. The molecule has 1 aliphatic heterocycles. The number of carbonyl (C=O) groups is 1. The lowest BCUT2D eigenvalue weighted by molar-refractivity contribution is -0.118. The highest BCUT2D eigenvalue weighted by atomic mass is 35.5. The predicted molar refractivity (Wildman–Crippen MR) is 92.0 cm³/mol. The Morgan fingerprint density at radius 2 is 1.91 bits per heavy atom. The number of hydrogen-bond acceptors (Lipinski definition) is 4. The van der Waals surface area contributed by atoms with Gasteiger partial charge in [0.25, 0.3) is 0 Å². The van der Waals surface area contributed by atoms with Gasteiger partial charge in [-0.25, -0.2) is 0 Å². The smallest absolute Gasteiger partial charge is 0.400 e. The van der Waals surface area contributed by atoms with Gasteiger partial charge in [-0.15, -0.1) is 0 Å². The first kappa shape index (κ1) is 18.0. The van der Waals surface area contributed by atoms with Gasteiger partial charge in [0.1, 0.15) is 0 Å². The van der Waals surface area contributed by atoms with E-state index in [-0.39, 0.29) is 5.91 Å². The van der Waals surface area contributed by atoms with Crippen molar-refractivity contribution in [2.45, 2.75) is 45.8 Å².